The molecular formula is C22H25ClN2O5S. The Hall–Kier alpha value is -2.42. The molecule has 1 amide bonds. The summed E-state index contributed by atoms with van der Waals surface area (Å²) >= 11 is 6.15. The summed E-state index contributed by atoms with van der Waals surface area (Å²) in [5.41, 5.74) is 1.51. The van der Waals surface area contributed by atoms with Crippen LogP contribution in [0, 0.1) is 12.8 Å². The predicted molar refractivity (Wildman–Crippen MR) is 119 cm³/mol. The molecule has 0 saturated carbocycles. The van der Waals surface area contributed by atoms with E-state index in [1.807, 2.05) is 26.0 Å². The van der Waals surface area contributed by atoms with Crippen LogP contribution in [0.1, 0.15) is 35.7 Å². The van der Waals surface area contributed by atoms with Gasteiger partial charge >= 0.3 is 5.97 Å². The van der Waals surface area contributed by atoms with Gasteiger partial charge in [-0.1, -0.05) is 36.7 Å². The molecule has 2 aromatic rings. The van der Waals surface area contributed by atoms with E-state index >= 15 is 0 Å². The molecule has 0 aromatic heterocycles. The van der Waals surface area contributed by atoms with Crippen molar-refractivity contribution in [2.75, 3.05) is 25.0 Å². The SMILES string of the molecule is Cc1ccccc1NC(=O)COC(=O)c1ccc(Cl)c(S(=O)(=O)N2CCCC(C)C2)c1. The van der Waals surface area contributed by atoms with E-state index in [2.05, 4.69) is 5.32 Å². The molecule has 0 aliphatic carbocycles. The quantitative estimate of drug-likeness (QED) is 0.655. The minimum Gasteiger partial charge on any atom is -0.452 e. The summed E-state index contributed by atoms with van der Waals surface area (Å²) < 4.78 is 32.6. The number of carbonyl (C=O) groups excluding carboxylic acids is 2. The zero-order valence-electron chi connectivity index (χ0n) is 17.4. The number of hydrogen-bond acceptors (Lipinski definition) is 5. The number of amides is 1. The Bertz CT molecular complexity index is 1090. The monoisotopic (exact) mass is 464 g/mol. The molecule has 1 atom stereocenters. The van der Waals surface area contributed by atoms with Gasteiger partial charge in [-0.25, -0.2) is 13.2 Å². The zero-order valence-corrected chi connectivity index (χ0v) is 19.0. The number of benzene rings is 2. The maximum Gasteiger partial charge on any atom is 0.338 e. The molecule has 1 unspecified atom stereocenters. The Morgan fingerprint density at radius 3 is 2.68 bits per heavy atom. The fourth-order valence-corrected chi connectivity index (χ4v) is 5.54. The molecule has 1 aliphatic heterocycles. The molecular weight excluding hydrogens is 440 g/mol. The van der Waals surface area contributed by atoms with E-state index in [1.54, 1.807) is 12.1 Å². The van der Waals surface area contributed by atoms with Crippen molar-refractivity contribution in [1.29, 1.82) is 0 Å². The number of nitrogens with zero attached hydrogens (tertiary/aromatic N) is 1. The third kappa shape index (κ3) is 5.64. The van der Waals surface area contributed by atoms with Crippen LogP contribution in [0.15, 0.2) is 47.4 Å². The number of esters is 1. The van der Waals surface area contributed by atoms with Crippen LogP contribution >= 0.6 is 11.6 Å². The van der Waals surface area contributed by atoms with Gasteiger partial charge in [0.25, 0.3) is 5.91 Å². The van der Waals surface area contributed by atoms with Gasteiger partial charge in [0, 0.05) is 18.8 Å². The highest BCUT2D eigenvalue weighted by atomic mass is 35.5. The number of piperidine rings is 1. The van der Waals surface area contributed by atoms with E-state index in [1.165, 1.54) is 22.5 Å². The number of rotatable bonds is 6. The van der Waals surface area contributed by atoms with Crippen molar-refractivity contribution in [2.24, 2.45) is 5.92 Å². The van der Waals surface area contributed by atoms with Gasteiger partial charge in [0.05, 0.1) is 10.6 Å². The lowest BCUT2D eigenvalue weighted by Crippen LogP contribution is -2.39. The number of carbonyl (C=O) groups is 2. The highest BCUT2D eigenvalue weighted by Crippen LogP contribution is 2.29. The van der Waals surface area contributed by atoms with Gasteiger partial charge in [-0.3, -0.25) is 4.79 Å². The third-order valence-electron chi connectivity index (χ3n) is 5.16. The summed E-state index contributed by atoms with van der Waals surface area (Å²) in [6, 6.07) is 11.2. The summed E-state index contributed by atoms with van der Waals surface area (Å²) in [6.45, 7) is 4.17. The van der Waals surface area contributed by atoms with Crippen molar-refractivity contribution in [3.8, 4) is 0 Å². The number of nitrogens with one attached hydrogen (secondary N) is 1. The molecule has 0 radical (unpaired) electrons. The summed E-state index contributed by atoms with van der Waals surface area (Å²) in [5, 5.41) is 2.70. The van der Waals surface area contributed by atoms with Crippen LogP contribution in [0.2, 0.25) is 5.02 Å². The first-order valence-electron chi connectivity index (χ1n) is 10.0. The van der Waals surface area contributed by atoms with Crippen LogP contribution in [0.25, 0.3) is 0 Å². The van der Waals surface area contributed by atoms with E-state index < -0.39 is 28.5 Å². The number of anilines is 1. The van der Waals surface area contributed by atoms with Crippen LogP contribution in [-0.4, -0.2) is 44.3 Å². The molecule has 1 saturated heterocycles. The molecule has 7 nitrogen and oxygen atoms in total. The van der Waals surface area contributed by atoms with Gasteiger partial charge < -0.3 is 10.1 Å². The molecule has 1 N–H and O–H groups in total. The van der Waals surface area contributed by atoms with Gasteiger partial charge in [0.15, 0.2) is 6.61 Å². The minimum absolute atomic E-state index is 0.0109. The van der Waals surface area contributed by atoms with Gasteiger partial charge in [0.2, 0.25) is 10.0 Å². The average molecular weight is 465 g/mol. The van der Waals surface area contributed by atoms with Crippen LogP contribution in [0.5, 0.6) is 0 Å². The van der Waals surface area contributed by atoms with Crippen molar-refractivity contribution in [3.63, 3.8) is 0 Å². The van der Waals surface area contributed by atoms with Crippen LogP contribution < -0.4 is 5.32 Å². The maximum atomic E-state index is 13.1. The average Bonchev–Trinajstić information content (AvgIpc) is 2.74. The van der Waals surface area contributed by atoms with Crippen molar-refractivity contribution < 1.29 is 22.7 Å². The normalized spacial score (nSPS) is 17.2. The molecule has 3 rings (SSSR count). The van der Waals surface area contributed by atoms with E-state index in [4.69, 9.17) is 16.3 Å². The Kier molecular flexibility index (Phi) is 7.35. The van der Waals surface area contributed by atoms with Gasteiger partial charge in [-0.05, 0) is 55.5 Å². The summed E-state index contributed by atoms with van der Waals surface area (Å²) in [7, 11) is -3.84. The van der Waals surface area contributed by atoms with Crippen molar-refractivity contribution in [2.45, 2.75) is 31.6 Å². The Morgan fingerprint density at radius 2 is 1.97 bits per heavy atom. The second-order valence-electron chi connectivity index (χ2n) is 7.69. The van der Waals surface area contributed by atoms with Gasteiger partial charge in [-0.2, -0.15) is 4.31 Å². The van der Waals surface area contributed by atoms with Crippen LogP contribution in [0.4, 0.5) is 5.69 Å². The molecule has 166 valence electrons. The van der Waals surface area contributed by atoms with E-state index in [9.17, 15) is 18.0 Å². The fourth-order valence-electron chi connectivity index (χ4n) is 3.45. The molecule has 1 heterocycles. The minimum atomic E-state index is -3.84. The summed E-state index contributed by atoms with van der Waals surface area (Å²) in [5.74, 6) is -1.05. The number of para-hydroxylation sites is 1. The fraction of sp³-hybridized carbons (Fsp3) is 0.364. The lowest BCUT2D eigenvalue weighted by atomic mass is 10.0. The Balaban J connectivity index is 1.69. The van der Waals surface area contributed by atoms with Crippen molar-refractivity contribution in [3.05, 3.63) is 58.6 Å². The third-order valence-corrected chi connectivity index (χ3v) is 7.50. The number of aryl methyl sites for hydroxylation is 1. The number of ether oxygens (including phenoxy) is 1. The topological polar surface area (TPSA) is 92.8 Å². The zero-order chi connectivity index (χ0) is 22.6. The molecule has 9 heteroatoms. The summed E-state index contributed by atoms with van der Waals surface area (Å²) in [6.07, 6.45) is 1.74. The maximum absolute atomic E-state index is 13.1. The second kappa shape index (κ2) is 9.80. The van der Waals surface area contributed by atoms with E-state index in [0.717, 1.165) is 18.4 Å². The predicted octanol–water partition coefficient (Wildman–Crippen LogP) is 3.86. The molecule has 1 aliphatic rings. The van der Waals surface area contributed by atoms with Gasteiger partial charge in [0.1, 0.15) is 4.90 Å². The standard InChI is InChI=1S/C22H25ClN2O5S/c1-15-6-5-11-25(13-15)31(28,29)20-12-17(9-10-18(20)23)22(27)30-14-21(26)24-19-8-4-3-7-16(19)2/h3-4,7-10,12,15H,5-6,11,13-14H2,1-2H3,(H,24,26). The van der Waals surface area contributed by atoms with Gasteiger partial charge in [-0.15, -0.1) is 0 Å². The Morgan fingerprint density at radius 1 is 1.23 bits per heavy atom. The highest BCUT2D eigenvalue weighted by molar-refractivity contribution is 7.89. The molecule has 31 heavy (non-hydrogen) atoms. The lowest BCUT2D eigenvalue weighted by Gasteiger charge is -2.30. The van der Waals surface area contributed by atoms with Crippen molar-refractivity contribution in [1.82, 2.24) is 4.31 Å². The lowest BCUT2D eigenvalue weighted by molar-refractivity contribution is -0.119. The molecule has 0 bridgehead atoms. The first-order chi connectivity index (χ1) is 14.7. The Labute approximate surface area is 187 Å². The number of hydrogen-bond donors (Lipinski definition) is 1. The highest BCUT2D eigenvalue weighted by Gasteiger charge is 2.31. The number of sulfonamides is 1. The second-order valence-corrected chi connectivity index (χ2v) is 10.0. The summed E-state index contributed by atoms with van der Waals surface area (Å²) in [4.78, 5) is 24.4. The molecule has 2 aromatic carbocycles. The van der Waals surface area contributed by atoms with E-state index in [0.29, 0.717) is 18.8 Å². The number of halogens is 1. The first-order valence-corrected chi connectivity index (χ1v) is 11.8. The molecule has 0 spiro atoms. The molecule has 1 fully saturated rings. The van der Waals surface area contributed by atoms with Crippen LogP contribution in [-0.2, 0) is 19.6 Å². The largest absolute Gasteiger partial charge is 0.452 e. The van der Waals surface area contributed by atoms with Crippen LogP contribution in [0.3, 0.4) is 0 Å². The van der Waals surface area contributed by atoms with E-state index in [-0.39, 0.29) is 21.4 Å². The first kappa shape index (κ1) is 23.2. The van der Waals surface area contributed by atoms with Crippen molar-refractivity contribution >= 4 is 39.2 Å². The smallest absolute Gasteiger partial charge is 0.338 e.